The van der Waals surface area contributed by atoms with Crippen molar-refractivity contribution in [3.63, 3.8) is 0 Å². The predicted molar refractivity (Wildman–Crippen MR) is 114 cm³/mol. The maximum Gasteiger partial charge on any atom is 0.269 e. The fourth-order valence-corrected chi connectivity index (χ4v) is 3.62. The van der Waals surface area contributed by atoms with Gasteiger partial charge in [-0.2, -0.15) is 0 Å². The predicted octanol–water partition coefficient (Wildman–Crippen LogP) is 5.12. The minimum atomic E-state index is -0.292. The van der Waals surface area contributed by atoms with E-state index in [4.69, 9.17) is 20.8 Å². The monoisotopic (exact) mass is 417 g/mol. The summed E-state index contributed by atoms with van der Waals surface area (Å²) in [5, 5.41) is 1.45. The van der Waals surface area contributed by atoms with Crippen molar-refractivity contribution in [3.05, 3.63) is 89.2 Å². The second-order valence-electron chi connectivity index (χ2n) is 6.87. The Morgan fingerprint density at radius 1 is 1.17 bits per heavy atom. The first-order chi connectivity index (χ1) is 14.6. The summed E-state index contributed by atoms with van der Waals surface area (Å²) >= 11 is 6.00. The first-order valence-electron chi connectivity index (χ1n) is 9.29. The minimum Gasteiger partial charge on any atom is -0.497 e. The van der Waals surface area contributed by atoms with Crippen molar-refractivity contribution >= 4 is 39.4 Å². The summed E-state index contributed by atoms with van der Waals surface area (Å²) in [6.07, 6.45) is 5.00. The van der Waals surface area contributed by atoms with Gasteiger partial charge >= 0.3 is 0 Å². The third-order valence-corrected chi connectivity index (χ3v) is 5.24. The summed E-state index contributed by atoms with van der Waals surface area (Å²) in [6, 6.07) is 15.0. The molecule has 148 valence electrons. The Labute approximate surface area is 176 Å². The molecular weight excluding hydrogens is 402 g/mol. The van der Waals surface area contributed by atoms with Crippen molar-refractivity contribution < 1.29 is 13.9 Å². The van der Waals surface area contributed by atoms with Crippen LogP contribution in [0.3, 0.4) is 0 Å². The number of carbonyl (C=O) groups is 1. The van der Waals surface area contributed by atoms with Gasteiger partial charge in [-0.1, -0.05) is 23.7 Å². The molecular formula is C23H16ClN3O3. The number of nitrogens with zero attached hydrogens (tertiary/aromatic N) is 3. The smallest absolute Gasteiger partial charge is 0.269 e. The summed E-state index contributed by atoms with van der Waals surface area (Å²) < 4.78 is 13.1. The van der Waals surface area contributed by atoms with Gasteiger partial charge in [0.1, 0.15) is 11.3 Å². The van der Waals surface area contributed by atoms with Crippen LogP contribution < -0.4 is 4.74 Å². The number of halogens is 1. The van der Waals surface area contributed by atoms with Gasteiger partial charge in [-0.25, -0.2) is 4.98 Å². The van der Waals surface area contributed by atoms with Gasteiger partial charge in [0.2, 0.25) is 5.78 Å². The second-order valence-corrected chi connectivity index (χ2v) is 7.31. The average Bonchev–Trinajstić information content (AvgIpc) is 3.36. The molecule has 7 heteroatoms. The van der Waals surface area contributed by atoms with E-state index in [0.29, 0.717) is 34.0 Å². The fourth-order valence-electron chi connectivity index (χ4n) is 3.49. The number of methoxy groups -OCH3 is 1. The number of hydrogen-bond acceptors (Lipinski definition) is 5. The van der Waals surface area contributed by atoms with Crippen LogP contribution in [-0.2, 0) is 6.54 Å². The Morgan fingerprint density at radius 3 is 2.77 bits per heavy atom. The lowest BCUT2D eigenvalue weighted by molar-refractivity contribution is 0.101. The van der Waals surface area contributed by atoms with Gasteiger partial charge in [0.15, 0.2) is 5.58 Å². The normalized spacial score (nSPS) is 11.3. The van der Waals surface area contributed by atoms with E-state index in [1.54, 1.807) is 25.6 Å². The van der Waals surface area contributed by atoms with E-state index in [9.17, 15) is 4.79 Å². The highest BCUT2D eigenvalue weighted by molar-refractivity contribution is 6.30. The number of aromatic nitrogens is 3. The van der Waals surface area contributed by atoms with E-state index in [-0.39, 0.29) is 11.7 Å². The maximum absolute atomic E-state index is 13.3. The number of hydrogen-bond donors (Lipinski definition) is 0. The quantitative estimate of drug-likeness (QED) is 0.371. The molecule has 3 heterocycles. The molecule has 0 bridgehead atoms. The Balaban J connectivity index is 1.62. The molecule has 3 aromatic heterocycles. The minimum absolute atomic E-state index is 0.0337. The van der Waals surface area contributed by atoms with E-state index in [2.05, 4.69) is 9.97 Å². The first-order valence-corrected chi connectivity index (χ1v) is 9.67. The Hall–Kier alpha value is -3.64. The number of ketones is 1. The number of pyridine rings is 1. The largest absolute Gasteiger partial charge is 0.497 e. The Kier molecular flexibility index (Phi) is 4.48. The number of oxazole rings is 1. The average molecular weight is 418 g/mol. The van der Waals surface area contributed by atoms with E-state index in [1.807, 2.05) is 53.2 Å². The van der Waals surface area contributed by atoms with Crippen LogP contribution in [0.4, 0.5) is 0 Å². The van der Waals surface area contributed by atoms with Crippen LogP contribution >= 0.6 is 11.6 Å². The molecule has 0 fully saturated rings. The molecule has 0 spiro atoms. The third-order valence-electron chi connectivity index (χ3n) is 4.98. The van der Waals surface area contributed by atoms with Crippen molar-refractivity contribution in [2.75, 3.05) is 7.11 Å². The molecule has 30 heavy (non-hydrogen) atoms. The van der Waals surface area contributed by atoms with Crippen LogP contribution in [0.1, 0.15) is 21.8 Å². The van der Waals surface area contributed by atoms with E-state index in [1.165, 1.54) is 0 Å². The zero-order valence-corrected chi connectivity index (χ0v) is 16.8. The lowest BCUT2D eigenvalue weighted by atomic mass is 10.1. The Bertz CT molecular complexity index is 1350. The molecule has 0 aliphatic heterocycles. The SMILES string of the molecule is COc1ccc2c(c1)c(C(=O)c1nc3cnccc3o1)cn2Cc1ccc(Cl)cc1. The van der Waals surface area contributed by atoms with Crippen LogP contribution in [0.5, 0.6) is 5.75 Å². The van der Waals surface area contributed by atoms with Crippen molar-refractivity contribution in [1.82, 2.24) is 14.5 Å². The number of fused-ring (bicyclic) bond motifs is 2. The highest BCUT2D eigenvalue weighted by Gasteiger charge is 2.22. The van der Waals surface area contributed by atoms with Crippen molar-refractivity contribution in [3.8, 4) is 5.75 Å². The van der Waals surface area contributed by atoms with Crippen LogP contribution in [-0.4, -0.2) is 27.4 Å². The maximum atomic E-state index is 13.3. The summed E-state index contributed by atoms with van der Waals surface area (Å²) in [5.41, 5.74) is 3.54. The summed E-state index contributed by atoms with van der Waals surface area (Å²) in [6.45, 7) is 0.588. The van der Waals surface area contributed by atoms with Gasteiger partial charge < -0.3 is 13.7 Å². The zero-order chi connectivity index (χ0) is 20.7. The standard InChI is InChI=1S/C23H16ClN3O3/c1-29-16-6-7-20-17(10-16)18(13-27(20)12-14-2-4-15(24)5-3-14)22(28)23-26-19-11-25-9-8-21(19)30-23/h2-11,13H,12H2,1H3. The van der Waals surface area contributed by atoms with Crippen molar-refractivity contribution in [2.45, 2.75) is 6.54 Å². The summed E-state index contributed by atoms with van der Waals surface area (Å²) in [7, 11) is 1.60. The van der Waals surface area contributed by atoms with E-state index >= 15 is 0 Å². The number of ether oxygens (including phenoxy) is 1. The topological polar surface area (TPSA) is 70.2 Å². The summed E-state index contributed by atoms with van der Waals surface area (Å²) in [4.78, 5) is 21.6. The van der Waals surface area contributed by atoms with Crippen molar-refractivity contribution in [2.24, 2.45) is 0 Å². The molecule has 0 aliphatic rings. The van der Waals surface area contributed by atoms with Crippen LogP contribution in [0.25, 0.3) is 22.0 Å². The first kappa shape index (κ1) is 18.4. The van der Waals surface area contributed by atoms with Gasteiger partial charge in [0, 0.05) is 40.9 Å². The molecule has 0 radical (unpaired) electrons. The van der Waals surface area contributed by atoms with Crippen LogP contribution in [0.15, 0.2) is 71.5 Å². The van der Waals surface area contributed by atoms with Gasteiger partial charge in [-0.15, -0.1) is 0 Å². The van der Waals surface area contributed by atoms with E-state index in [0.717, 1.165) is 16.5 Å². The number of rotatable bonds is 5. The molecule has 0 N–H and O–H groups in total. The second kappa shape index (κ2) is 7.31. The highest BCUT2D eigenvalue weighted by atomic mass is 35.5. The molecule has 5 rings (SSSR count). The number of benzene rings is 2. The number of carbonyl (C=O) groups excluding carboxylic acids is 1. The Morgan fingerprint density at radius 2 is 2.00 bits per heavy atom. The van der Waals surface area contributed by atoms with Gasteiger partial charge in [-0.05, 0) is 35.9 Å². The fraction of sp³-hybridized carbons (Fsp3) is 0.0870. The van der Waals surface area contributed by atoms with Crippen LogP contribution in [0, 0.1) is 0 Å². The molecule has 0 amide bonds. The molecule has 0 atom stereocenters. The lowest BCUT2D eigenvalue weighted by Crippen LogP contribution is -2.01. The van der Waals surface area contributed by atoms with Gasteiger partial charge in [-0.3, -0.25) is 9.78 Å². The lowest BCUT2D eigenvalue weighted by Gasteiger charge is -2.06. The van der Waals surface area contributed by atoms with Gasteiger partial charge in [0.25, 0.3) is 5.89 Å². The zero-order valence-electron chi connectivity index (χ0n) is 16.0. The van der Waals surface area contributed by atoms with Crippen molar-refractivity contribution in [1.29, 1.82) is 0 Å². The summed E-state index contributed by atoms with van der Waals surface area (Å²) in [5.74, 6) is 0.410. The molecule has 5 aromatic rings. The highest BCUT2D eigenvalue weighted by Crippen LogP contribution is 2.29. The van der Waals surface area contributed by atoms with Gasteiger partial charge in [0.05, 0.1) is 18.9 Å². The molecule has 0 saturated carbocycles. The van der Waals surface area contributed by atoms with E-state index < -0.39 is 0 Å². The third kappa shape index (κ3) is 3.21. The van der Waals surface area contributed by atoms with Crippen LogP contribution in [0.2, 0.25) is 5.02 Å². The molecule has 0 aliphatic carbocycles. The molecule has 2 aromatic carbocycles. The molecule has 0 saturated heterocycles. The molecule has 0 unspecified atom stereocenters. The molecule has 6 nitrogen and oxygen atoms in total.